The van der Waals surface area contributed by atoms with Gasteiger partial charge in [-0.25, -0.2) is 4.79 Å². The van der Waals surface area contributed by atoms with Crippen LogP contribution >= 0.6 is 0 Å². The Labute approximate surface area is 107 Å². The molecule has 1 aliphatic heterocycles. The van der Waals surface area contributed by atoms with Gasteiger partial charge in [0.15, 0.2) is 0 Å². The van der Waals surface area contributed by atoms with E-state index in [9.17, 15) is 9.59 Å². The predicted molar refractivity (Wildman–Crippen MR) is 64.1 cm³/mol. The van der Waals surface area contributed by atoms with Crippen LogP contribution in [0.3, 0.4) is 0 Å². The number of amides is 1. The smallest absolute Gasteiger partial charge is 0.407 e. The largest absolute Gasteiger partial charge is 0.469 e. The van der Waals surface area contributed by atoms with Crippen molar-refractivity contribution in [2.45, 2.75) is 38.8 Å². The Balaban J connectivity index is 2.57. The molecule has 1 N–H and O–H groups in total. The van der Waals surface area contributed by atoms with Gasteiger partial charge in [-0.2, -0.15) is 0 Å². The van der Waals surface area contributed by atoms with Gasteiger partial charge in [0.2, 0.25) is 0 Å². The monoisotopic (exact) mass is 259 g/mol. The van der Waals surface area contributed by atoms with Gasteiger partial charge in [0.1, 0.15) is 5.60 Å². The molecule has 0 aromatic carbocycles. The third kappa shape index (κ3) is 4.52. The van der Waals surface area contributed by atoms with Gasteiger partial charge in [0.25, 0.3) is 0 Å². The summed E-state index contributed by atoms with van der Waals surface area (Å²) in [4.78, 5) is 23.2. The SMILES string of the molecule is COC(=O)[C@@H]1CCOC[C@H]1NC(=O)OC(C)(C)C. The van der Waals surface area contributed by atoms with Crippen molar-refractivity contribution >= 4 is 12.1 Å². The normalized spacial score (nSPS) is 24.2. The van der Waals surface area contributed by atoms with Crippen molar-refractivity contribution in [3.05, 3.63) is 0 Å². The van der Waals surface area contributed by atoms with E-state index in [1.54, 1.807) is 20.8 Å². The van der Waals surface area contributed by atoms with Crippen molar-refractivity contribution in [3.63, 3.8) is 0 Å². The van der Waals surface area contributed by atoms with Gasteiger partial charge in [-0.15, -0.1) is 0 Å². The molecule has 1 heterocycles. The number of rotatable bonds is 2. The summed E-state index contributed by atoms with van der Waals surface area (Å²) < 4.78 is 15.1. The van der Waals surface area contributed by atoms with E-state index in [1.807, 2.05) is 0 Å². The molecule has 1 fully saturated rings. The summed E-state index contributed by atoms with van der Waals surface area (Å²) in [6.45, 7) is 6.12. The fourth-order valence-electron chi connectivity index (χ4n) is 1.77. The number of esters is 1. The highest BCUT2D eigenvalue weighted by atomic mass is 16.6. The average molecular weight is 259 g/mol. The van der Waals surface area contributed by atoms with E-state index in [1.165, 1.54) is 7.11 Å². The summed E-state index contributed by atoms with van der Waals surface area (Å²) in [5, 5.41) is 2.65. The molecule has 6 heteroatoms. The highest BCUT2D eigenvalue weighted by molar-refractivity contribution is 5.75. The lowest BCUT2D eigenvalue weighted by molar-refractivity contribution is -0.150. The first-order valence-electron chi connectivity index (χ1n) is 5.98. The molecule has 0 bridgehead atoms. The summed E-state index contributed by atoms with van der Waals surface area (Å²) in [7, 11) is 1.34. The molecule has 18 heavy (non-hydrogen) atoms. The van der Waals surface area contributed by atoms with Gasteiger partial charge >= 0.3 is 12.1 Å². The Morgan fingerprint density at radius 1 is 1.33 bits per heavy atom. The summed E-state index contributed by atoms with van der Waals surface area (Å²) in [6, 6.07) is -0.402. The third-order valence-corrected chi connectivity index (χ3v) is 2.56. The first-order valence-corrected chi connectivity index (χ1v) is 5.98. The van der Waals surface area contributed by atoms with Crippen LogP contribution < -0.4 is 5.32 Å². The lowest BCUT2D eigenvalue weighted by Crippen LogP contribution is -2.50. The van der Waals surface area contributed by atoms with Crippen LogP contribution in [0.1, 0.15) is 27.2 Å². The van der Waals surface area contributed by atoms with Crippen LogP contribution in [0.15, 0.2) is 0 Å². The molecule has 6 nitrogen and oxygen atoms in total. The Hall–Kier alpha value is -1.30. The number of carbonyl (C=O) groups is 2. The van der Waals surface area contributed by atoms with Gasteiger partial charge in [-0.1, -0.05) is 0 Å². The van der Waals surface area contributed by atoms with Crippen LogP contribution in [0, 0.1) is 5.92 Å². The molecule has 0 unspecified atom stereocenters. The number of methoxy groups -OCH3 is 1. The first-order chi connectivity index (χ1) is 8.33. The maximum Gasteiger partial charge on any atom is 0.407 e. The van der Waals surface area contributed by atoms with E-state index in [4.69, 9.17) is 14.2 Å². The summed E-state index contributed by atoms with van der Waals surface area (Å²) >= 11 is 0. The number of hydrogen-bond donors (Lipinski definition) is 1. The number of ether oxygens (including phenoxy) is 3. The van der Waals surface area contributed by atoms with E-state index in [0.29, 0.717) is 19.6 Å². The van der Waals surface area contributed by atoms with Crippen molar-refractivity contribution < 1.29 is 23.8 Å². The fraction of sp³-hybridized carbons (Fsp3) is 0.833. The van der Waals surface area contributed by atoms with Gasteiger partial charge < -0.3 is 19.5 Å². The maximum absolute atomic E-state index is 11.6. The molecule has 0 radical (unpaired) electrons. The van der Waals surface area contributed by atoms with Crippen molar-refractivity contribution in [3.8, 4) is 0 Å². The minimum Gasteiger partial charge on any atom is -0.469 e. The highest BCUT2D eigenvalue weighted by Crippen LogP contribution is 2.18. The lowest BCUT2D eigenvalue weighted by Gasteiger charge is -2.31. The zero-order valence-corrected chi connectivity index (χ0v) is 11.3. The highest BCUT2D eigenvalue weighted by Gasteiger charge is 2.34. The molecule has 1 rings (SSSR count). The number of carbonyl (C=O) groups excluding carboxylic acids is 2. The lowest BCUT2D eigenvalue weighted by atomic mass is 9.95. The zero-order chi connectivity index (χ0) is 13.8. The molecular formula is C12H21NO5. The zero-order valence-electron chi connectivity index (χ0n) is 11.3. The third-order valence-electron chi connectivity index (χ3n) is 2.56. The second-order valence-corrected chi connectivity index (χ2v) is 5.25. The summed E-state index contributed by atoms with van der Waals surface area (Å²) in [6.07, 6.45) is -0.0143. The van der Waals surface area contributed by atoms with E-state index >= 15 is 0 Å². The van der Waals surface area contributed by atoms with Crippen LogP contribution in [0.25, 0.3) is 0 Å². The van der Waals surface area contributed by atoms with Crippen molar-refractivity contribution in [1.82, 2.24) is 5.32 Å². The van der Waals surface area contributed by atoms with Crippen LogP contribution in [-0.2, 0) is 19.0 Å². The molecule has 0 aromatic rings. The topological polar surface area (TPSA) is 73.9 Å². The average Bonchev–Trinajstić information content (AvgIpc) is 2.26. The Morgan fingerprint density at radius 2 is 2.00 bits per heavy atom. The van der Waals surface area contributed by atoms with E-state index < -0.39 is 17.7 Å². The van der Waals surface area contributed by atoms with Crippen molar-refractivity contribution in [1.29, 1.82) is 0 Å². The molecule has 1 aliphatic rings. The minimum atomic E-state index is -0.569. The van der Waals surface area contributed by atoms with Crippen LogP contribution in [0.4, 0.5) is 4.79 Å². The second-order valence-electron chi connectivity index (χ2n) is 5.25. The molecule has 1 saturated heterocycles. The molecule has 0 aliphatic carbocycles. The van der Waals surface area contributed by atoms with Crippen molar-refractivity contribution in [2.75, 3.05) is 20.3 Å². The predicted octanol–water partition coefficient (Wildman–Crippen LogP) is 1.09. The van der Waals surface area contributed by atoms with Crippen LogP contribution in [0.2, 0.25) is 0 Å². The van der Waals surface area contributed by atoms with Gasteiger partial charge in [-0.3, -0.25) is 4.79 Å². The minimum absolute atomic E-state index is 0.291. The standard InChI is InChI=1S/C12H21NO5/c1-12(2,3)18-11(15)13-9-7-17-6-5-8(9)10(14)16-4/h8-9H,5-7H2,1-4H3,(H,13,15)/t8-,9-/m1/s1. The maximum atomic E-state index is 11.6. The Morgan fingerprint density at radius 3 is 2.56 bits per heavy atom. The summed E-state index contributed by atoms with van der Waals surface area (Å²) in [5.74, 6) is -0.712. The number of nitrogens with one attached hydrogen (secondary N) is 1. The number of alkyl carbamates (subject to hydrolysis) is 1. The Bertz CT molecular complexity index is 310. The van der Waals surface area contributed by atoms with Gasteiger partial charge in [-0.05, 0) is 27.2 Å². The molecule has 0 aromatic heterocycles. The second kappa shape index (κ2) is 6.04. The van der Waals surface area contributed by atoms with Gasteiger partial charge in [0.05, 0.1) is 25.7 Å². The quantitative estimate of drug-likeness (QED) is 0.751. The molecule has 1 amide bonds. The van der Waals surface area contributed by atoms with Crippen LogP contribution in [-0.4, -0.2) is 44.0 Å². The molecule has 0 spiro atoms. The number of hydrogen-bond acceptors (Lipinski definition) is 5. The van der Waals surface area contributed by atoms with Crippen molar-refractivity contribution in [2.24, 2.45) is 5.92 Å². The Kier molecular flexibility index (Phi) is 4.95. The molecular weight excluding hydrogens is 238 g/mol. The first kappa shape index (κ1) is 14.8. The molecule has 0 saturated carbocycles. The van der Waals surface area contributed by atoms with Gasteiger partial charge in [0, 0.05) is 6.61 Å². The van der Waals surface area contributed by atoms with Crippen LogP contribution in [0.5, 0.6) is 0 Å². The molecule has 104 valence electrons. The fourth-order valence-corrected chi connectivity index (χ4v) is 1.77. The van der Waals surface area contributed by atoms with E-state index in [-0.39, 0.29) is 11.9 Å². The summed E-state index contributed by atoms with van der Waals surface area (Å²) in [5.41, 5.74) is -0.569. The molecule has 2 atom stereocenters. The van der Waals surface area contributed by atoms with E-state index in [0.717, 1.165) is 0 Å². The van der Waals surface area contributed by atoms with E-state index in [2.05, 4.69) is 5.32 Å².